The van der Waals surface area contributed by atoms with Gasteiger partial charge < -0.3 is 5.32 Å². The van der Waals surface area contributed by atoms with Crippen molar-refractivity contribution < 1.29 is 0 Å². The molecule has 2 rings (SSSR count). The van der Waals surface area contributed by atoms with E-state index in [4.69, 9.17) is 11.6 Å². The lowest BCUT2D eigenvalue weighted by Gasteiger charge is -2.26. The van der Waals surface area contributed by atoms with Crippen LogP contribution < -0.4 is 5.32 Å². The molecule has 1 aliphatic rings. The molecule has 1 N–H and O–H groups in total. The first kappa shape index (κ1) is 14.2. The van der Waals surface area contributed by atoms with Crippen LogP contribution in [-0.4, -0.2) is 28.3 Å². The average molecular weight is 288 g/mol. The zero-order valence-corrected chi connectivity index (χ0v) is 12.7. The van der Waals surface area contributed by atoms with Gasteiger partial charge in [-0.05, 0) is 50.7 Å². The number of rotatable bonds is 5. The first-order valence-electron chi connectivity index (χ1n) is 6.72. The number of thioether (sulfide) groups is 1. The summed E-state index contributed by atoms with van der Waals surface area (Å²) in [6.45, 7) is 2.98. The summed E-state index contributed by atoms with van der Waals surface area (Å²) in [5.74, 6) is 3.43. The maximum absolute atomic E-state index is 6.29. The van der Waals surface area contributed by atoms with Gasteiger partial charge in [0, 0.05) is 6.54 Å². The number of aromatic nitrogens is 2. The van der Waals surface area contributed by atoms with Gasteiger partial charge in [0.05, 0.1) is 23.0 Å². The number of hydrogen-bond acceptors (Lipinski definition) is 3. The second-order valence-corrected chi connectivity index (χ2v) is 6.46. The molecule has 1 aromatic rings. The first-order chi connectivity index (χ1) is 8.76. The minimum atomic E-state index is 0.327. The van der Waals surface area contributed by atoms with Crippen LogP contribution in [0.3, 0.4) is 0 Å². The molecule has 0 spiro atoms. The Kier molecular flexibility index (Phi) is 5.39. The molecule has 18 heavy (non-hydrogen) atoms. The molecule has 0 aliphatic carbocycles. The third-order valence-electron chi connectivity index (χ3n) is 3.72. The van der Waals surface area contributed by atoms with Gasteiger partial charge in [-0.3, -0.25) is 4.68 Å². The molecule has 0 bridgehead atoms. The Bertz CT molecular complexity index is 374. The van der Waals surface area contributed by atoms with Crippen LogP contribution in [0.4, 0.5) is 0 Å². The Hall–Kier alpha value is -0.190. The lowest BCUT2D eigenvalue weighted by atomic mass is 9.93. The molecule has 0 radical (unpaired) electrons. The fourth-order valence-corrected chi connectivity index (χ4v) is 4.13. The highest BCUT2D eigenvalue weighted by Crippen LogP contribution is 2.33. The first-order valence-corrected chi connectivity index (χ1v) is 8.25. The van der Waals surface area contributed by atoms with Crippen molar-refractivity contribution in [2.75, 3.05) is 18.6 Å². The number of aryl methyl sites for hydroxylation is 1. The second kappa shape index (κ2) is 6.83. The van der Waals surface area contributed by atoms with Crippen LogP contribution in [0.5, 0.6) is 0 Å². The van der Waals surface area contributed by atoms with Crippen LogP contribution in [-0.2, 0) is 6.54 Å². The summed E-state index contributed by atoms with van der Waals surface area (Å²) in [6.07, 6.45) is 5.60. The van der Waals surface area contributed by atoms with E-state index in [0.717, 1.165) is 23.2 Å². The van der Waals surface area contributed by atoms with Gasteiger partial charge in [-0.15, -0.1) is 0 Å². The minimum absolute atomic E-state index is 0.327. The van der Waals surface area contributed by atoms with E-state index in [0.29, 0.717) is 6.04 Å². The van der Waals surface area contributed by atoms with E-state index in [2.05, 4.69) is 29.1 Å². The third-order valence-corrected chi connectivity index (χ3v) is 5.06. The predicted octanol–water partition coefficient (Wildman–Crippen LogP) is 3.35. The smallest absolute Gasteiger partial charge is 0.0834 e. The molecule has 1 unspecified atom stereocenters. The van der Waals surface area contributed by atoms with E-state index < -0.39 is 0 Å². The third kappa shape index (κ3) is 3.22. The molecular formula is C13H22ClN3S. The highest BCUT2D eigenvalue weighted by Gasteiger charge is 2.23. The maximum Gasteiger partial charge on any atom is 0.0834 e. The minimum Gasteiger partial charge on any atom is -0.312 e. The van der Waals surface area contributed by atoms with Crippen molar-refractivity contribution in [3.05, 3.63) is 16.9 Å². The van der Waals surface area contributed by atoms with Gasteiger partial charge in [-0.25, -0.2) is 0 Å². The van der Waals surface area contributed by atoms with Gasteiger partial charge in [0.25, 0.3) is 0 Å². The van der Waals surface area contributed by atoms with Crippen LogP contribution in [0.15, 0.2) is 6.20 Å². The molecule has 1 atom stereocenters. The molecule has 0 amide bonds. The van der Waals surface area contributed by atoms with Crippen LogP contribution in [0, 0.1) is 5.92 Å². The Morgan fingerprint density at radius 1 is 1.56 bits per heavy atom. The topological polar surface area (TPSA) is 29.9 Å². The van der Waals surface area contributed by atoms with Crippen molar-refractivity contribution in [2.24, 2.45) is 5.92 Å². The molecule has 0 saturated carbocycles. The van der Waals surface area contributed by atoms with Crippen LogP contribution >= 0.6 is 23.4 Å². The van der Waals surface area contributed by atoms with E-state index >= 15 is 0 Å². The maximum atomic E-state index is 6.29. The normalized spacial score (nSPS) is 19.1. The van der Waals surface area contributed by atoms with Gasteiger partial charge in [0.2, 0.25) is 0 Å². The fraction of sp³-hybridized carbons (Fsp3) is 0.769. The molecular weight excluding hydrogens is 266 g/mol. The standard InChI is InChI=1S/C13H22ClN3S/c1-3-17-13(11(14)9-16-17)12(15-2)8-10-4-6-18-7-5-10/h9-10,12,15H,3-8H2,1-2H3. The van der Waals surface area contributed by atoms with Crippen LogP contribution in [0.1, 0.15) is 37.9 Å². The highest BCUT2D eigenvalue weighted by molar-refractivity contribution is 7.99. The summed E-state index contributed by atoms with van der Waals surface area (Å²) >= 11 is 8.37. The van der Waals surface area contributed by atoms with Crippen molar-refractivity contribution in [2.45, 2.75) is 38.8 Å². The van der Waals surface area contributed by atoms with E-state index in [1.165, 1.54) is 30.8 Å². The highest BCUT2D eigenvalue weighted by atomic mass is 35.5. The average Bonchev–Trinajstić information content (AvgIpc) is 2.78. The molecule has 0 aromatic carbocycles. The van der Waals surface area contributed by atoms with Crippen molar-refractivity contribution in [1.29, 1.82) is 0 Å². The van der Waals surface area contributed by atoms with Crippen molar-refractivity contribution >= 4 is 23.4 Å². The molecule has 1 fully saturated rings. The van der Waals surface area contributed by atoms with Crippen LogP contribution in [0.2, 0.25) is 5.02 Å². The molecule has 1 saturated heterocycles. The zero-order chi connectivity index (χ0) is 13.0. The Labute approximate surface area is 119 Å². The number of nitrogens with one attached hydrogen (secondary N) is 1. The fourth-order valence-electron chi connectivity index (χ4n) is 2.65. The predicted molar refractivity (Wildman–Crippen MR) is 79.4 cm³/mol. The Morgan fingerprint density at radius 2 is 2.28 bits per heavy atom. The van der Waals surface area contributed by atoms with Crippen LogP contribution in [0.25, 0.3) is 0 Å². The zero-order valence-electron chi connectivity index (χ0n) is 11.2. The lowest BCUT2D eigenvalue weighted by Crippen LogP contribution is -2.24. The summed E-state index contributed by atoms with van der Waals surface area (Å²) in [5.41, 5.74) is 1.15. The van der Waals surface area contributed by atoms with Gasteiger partial charge >= 0.3 is 0 Å². The molecule has 2 heterocycles. The van der Waals surface area contributed by atoms with E-state index in [9.17, 15) is 0 Å². The molecule has 1 aromatic heterocycles. The van der Waals surface area contributed by atoms with Crippen molar-refractivity contribution in [3.63, 3.8) is 0 Å². The number of hydrogen-bond donors (Lipinski definition) is 1. The van der Waals surface area contributed by atoms with Gasteiger partial charge in [-0.1, -0.05) is 11.6 Å². The SMILES string of the molecule is CCn1ncc(Cl)c1C(CC1CCSCC1)NC. The quantitative estimate of drug-likeness (QED) is 0.901. The molecule has 3 nitrogen and oxygen atoms in total. The van der Waals surface area contributed by atoms with E-state index in [-0.39, 0.29) is 0 Å². The van der Waals surface area contributed by atoms with Crippen molar-refractivity contribution in [3.8, 4) is 0 Å². The summed E-state index contributed by atoms with van der Waals surface area (Å²) in [5, 5.41) is 8.54. The lowest BCUT2D eigenvalue weighted by molar-refractivity contribution is 0.369. The van der Waals surface area contributed by atoms with Gasteiger partial charge in [-0.2, -0.15) is 16.9 Å². The largest absolute Gasteiger partial charge is 0.312 e. The Morgan fingerprint density at radius 3 is 2.89 bits per heavy atom. The van der Waals surface area contributed by atoms with E-state index in [1.54, 1.807) is 6.20 Å². The summed E-state index contributed by atoms with van der Waals surface area (Å²) < 4.78 is 2.01. The summed E-state index contributed by atoms with van der Waals surface area (Å²) in [6, 6.07) is 0.327. The molecule has 5 heteroatoms. The molecule has 1 aliphatic heterocycles. The summed E-state index contributed by atoms with van der Waals surface area (Å²) in [7, 11) is 2.02. The Balaban J connectivity index is 2.09. The number of nitrogens with zero attached hydrogens (tertiary/aromatic N) is 2. The monoisotopic (exact) mass is 287 g/mol. The van der Waals surface area contributed by atoms with E-state index in [1.807, 2.05) is 11.7 Å². The molecule has 102 valence electrons. The van der Waals surface area contributed by atoms with Gasteiger partial charge in [0.1, 0.15) is 0 Å². The number of halogens is 1. The van der Waals surface area contributed by atoms with Crippen molar-refractivity contribution in [1.82, 2.24) is 15.1 Å². The van der Waals surface area contributed by atoms with Gasteiger partial charge in [0.15, 0.2) is 0 Å². The summed E-state index contributed by atoms with van der Waals surface area (Å²) in [4.78, 5) is 0. The second-order valence-electron chi connectivity index (χ2n) is 4.83.